The second-order valence-electron chi connectivity index (χ2n) is 6.35. The van der Waals surface area contributed by atoms with Crippen LogP contribution in [0, 0.1) is 5.82 Å². The third-order valence-corrected chi connectivity index (χ3v) is 7.34. The first-order valence-electron chi connectivity index (χ1n) is 9.27. The summed E-state index contributed by atoms with van der Waals surface area (Å²) in [5.41, 5.74) is 1.62. The van der Waals surface area contributed by atoms with Crippen LogP contribution in [-0.2, 0) is 21.2 Å². The lowest BCUT2D eigenvalue weighted by Crippen LogP contribution is -2.31. The van der Waals surface area contributed by atoms with Gasteiger partial charge in [-0.25, -0.2) is 26.9 Å². The fraction of sp³-hybridized carbons (Fsp3) is 0.238. The summed E-state index contributed by atoms with van der Waals surface area (Å²) in [6.07, 6.45) is 0.565. The van der Waals surface area contributed by atoms with Crippen LogP contribution in [0.1, 0.15) is 29.8 Å². The van der Waals surface area contributed by atoms with Crippen molar-refractivity contribution in [2.75, 3.05) is 18.0 Å². The van der Waals surface area contributed by atoms with Gasteiger partial charge in [0.1, 0.15) is 10.8 Å². The molecule has 3 aromatic rings. The molecule has 0 unspecified atom stereocenters. The molecule has 30 heavy (non-hydrogen) atoms. The van der Waals surface area contributed by atoms with Crippen molar-refractivity contribution >= 4 is 33.1 Å². The standard InChI is InChI=1S/C21H21FN2O4S2/c1-4-14-8-11-17(12-18(14)21(25)28-3)30(26,27)24(5-2)19-13-29-20(23-19)15-6-9-16(22)10-7-15/h6-13H,4-5H2,1-3H3. The first-order chi connectivity index (χ1) is 14.3. The van der Waals surface area contributed by atoms with Gasteiger partial charge in [0.2, 0.25) is 0 Å². The zero-order valence-corrected chi connectivity index (χ0v) is 18.4. The molecule has 0 saturated heterocycles. The Morgan fingerprint density at radius 1 is 1.17 bits per heavy atom. The van der Waals surface area contributed by atoms with Crippen molar-refractivity contribution in [3.05, 3.63) is 64.8 Å². The lowest BCUT2D eigenvalue weighted by Gasteiger charge is -2.21. The predicted molar refractivity (Wildman–Crippen MR) is 115 cm³/mol. The van der Waals surface area contributed by atoms with E-state index in [9.17, 15) is 17.6 Å². The van der Waals surface area contributed by atoms with Crippen molar-refractivity contribution in [3.63, 3.8) is 0 Å². The zero-order valence-electron chi connectivity index (χ0n) is 16.8. The Balaban J connectivity index is 2.00. The molecule has 3 rings (SSSR count). The van der Waals surface area contributed by atoms with Crippen LogP contribution in [0.3, 0.4) is 0 Å². The Hall–Kier alpha value is -2.78. The van der Waals surface area contributed by atoms with Crippen molar-refractivity contribution in [2.24, 2.45) is 0 Å². The number of methoxy groups -OCH3 is 1. The minimum Gasteiger partial charge on any atom is -0.465 e. The summed E-state index contributed by atoms with van der Waals surface area (Å²) >= 11 is 1.27. The number of carbonyl (C=O) groups excluding carboxylic acids is 1. The van der Waals surface area contributed by atoms with E-state index in [1.165, 1.54) is 47.0 Å². The van der Waals surface area contributed by atoms with Crippen molar-refractivity contribution in [2.45, 2.75) is 25.2 Å². The smallest absolute Gasteiger partial charge is 0.338 e. The van der Waals surface area contributed by atoms with E-state index in [4.69, 9.17) is 4.74 Å². The molecule has 0 aliphatic carbocycles. The van der Waals surface area contributed by atoms with Gasteiger partial charge in [0.25, 0.3) is 10.0 Å². The van der Waals surface area contributed by atoms with Crippen LogP contribution in [0.25, 0.3) is 10.6 Å². The van der Waals surface area contributed by atoms with Crippen LogP contribution in [-0.4, -0.2) is 33.0 Å². The Kier molecular flexibility index (Phi) is 6.52. The normalized spacial score (nSPS) is 11.3. The molecular formula is C21H21FN2O4S2. The van der Waals surface area contributed by atoms with Crippen molar-refractivity contribution < 1.29 is 22.3 Å². The monoisotopic (exact) mass is 448 g/mol. The maximum Gasteiger partial charge on any atom is 0.338 e. The van der Waals surface area contributed by atoms with Gasteiger partial charge in [0, 0.05) is 17.5 Å². The number of carbonyl (C=O) groups is 1. The summed E-state index contributed by atoms with van der Waals surface area (Å²) < 4.78 is 45.8. The van der Waals surface area contributed by atoms with Crippen LogP contribution < -0.4 is 4.31 Å². The van der Waals surface area contributed by atoms with Gasteiger partial charge in [-0.1, -0.05) is 13.0 Å². The largest absolute Gasteiger partial charge is 0.465 e. The van der Waals surface area contributed by atoms with Gasteiger partial charge in [-0.15, -0.1) is 11.3 Å². The molecule has 1 heterocycles. The number of hydrogen-bond donors (Lipinski definition) is 0. The number of nitrogens with zero attached hydrogens (tertiary/aromatic N) is 2. The van der Waals surface area contributed by atoms with Crippen LogP contribution >= 0.6 is 11.3 Å². The predicted octanol–water partition coefficient (Wildman–Crippen LogP) is 4.51. The maximum atomic E-state index is 13.3. The maximum absolute atomic E-state index is 13.3. The van der Waals surface area contributed by atoms with E-state index in [0.29, 0.717) is 22.6 Å². The van der Waals surface area contributed by atoms with E-state index >= 15 is 0 Å². The first kappa shape index (κ1) is 21.9. The second kappa shape index (κ2) is 8.93. The average Bonchev–Trinajstić information content (AvgIpc) is 3.23. The van der Waals surface area contributed by atoms with Gasteiger partial charge < -0.3 is 4.74 Å². The van der Waals surface area contributed by atoms with E-state index in [0.717, 1.165) is 0 Å². The quantitative estimate of drug-likeness (QED) is 0.497. The summed E-state index contributed by atoms with van der Waals surface area (Å²) in [7, 11) is -2.70. The second-order valence-corrected chi connectivity index (χ2v) is 9.07. The molecule has 0 aliphatic rings. The third-order valence-electron chi connectivity index (χ3n) is 4.58. The molecule has 0 aliphatic heterocycles. The molecule has 6 nitrogen and oxygen atoms in total. The fourth-order valence-corrected chi connectivity index (χ4v) is 5.33. The lowest BCUT2D eigenvalue weighted by molar-refractivity contribution is 0.0599. The zero-order chi connectivity index (χ0) is 21.9. The van der Waals surface area contributed by atoms with Gasteiger partial charge in [-0.2, -0.15) is 0 Å². The van der Waals surface area contributed by atoms with Crippen LogP contribution in [0.4, 0.5) is 10.2 Å². The highest BCUT2D eigenvalue weighted by atomic mass is 32.2. The van der Waals surface area contributed by atoms with Crippen molar-refractivity contribution in [1.82, 2.24) is 4.98 Å². The van der Waals surface area contributed by atoms with E-state index in [1.807, 2.05) is 6.92 Å². The summed E-state index contributed by atoms with van der Waals surface area (Å²) in [5, 5.41) is 2.22. The van der Waals surface area contributed by atoms with E-state index in [2.05, 4.69) is 4.98 Å². The summed E-state index contributed by atoms with van der Waals surface area (Å²) in [6, 6.07) is 10.3. The van der Waals surface area contributed by atoms with Gasteiger partial charge in [-0.3, -0.25) is 0 Å². The van der Waals surface area contributed by atoms with Crippen LogP contribution in [0.2, 0.25) is 0 Å². The molecule has 0 saturated carbocycles. The average molecular weight is 449 g/mol. The highest BCUT2D eigenvalue weighted by Gasteiger charge is 2.27. The number of benzene rings is 2. The molecule has 0 radical (unpaired) electrons. The molecule has 1 aromatic heterocycles. The SMILES string of the molecule is CCc1ccc(S(=O)(=O)N(CC)c2csc(-c3ccc(F)cc3)n2)cc1C(=O)OC. The highest BCUT2D eigenvalue weighted by Crippen LogP contribution is 2.31. The topological polar surface area (TPSA) is 76.6 Å². The molecule has 0 amide bonds. The Morgan fingerprint density at radius 3 is 2.47 bits per heavy atom. The number of aromatic nitrogens is 1. The Morgan fingerprint density at radius 2 is 1.87 bits per heavy atom. The number of rotatable bonds is 7. The Bertz CT molecular complexity index is 1160. The number of anilines is 1. The minimum atomic E-state index is -3.96. The van der Waals surface area contributed by atoms with E-state index in [-0.39, 0.29) is 28.6 Å². The summed E-state index contributed by atoms with van der Waals surface area (Å²) in [6.45, 7) is 3.73. The van der Waals surface area contributed by atoms with Gasteiger partial charge in [0.05, 0.1) is 17.6 Å². The Labute approximate surface area is 179 Å². The molecule has 0 N–H and O–H groups in total. The number of thiazole rings is 1. The fourth-order valence-electron chi connectivity index (χ4n) is 3.01. The number of hydrogen-bond acceptors (Lipinski definition) is 6. The van der Waals surface area contributed by atoms with Gasteiger partial charge in [0.15, 0.2) is 5.82 Å². The van der Waals surface area contributed by atoms with E-state index < -0.39 is 16.0 Å². The lowest BCUT2D eigenvalue weighted by atomic mass is 10.1. The molecule has 158 valence electrons. The number of sulfonamides is 1. The van der Waals surface area contributed by atoms with Gasteiger partial charge in [-0.05, 0) is 55.3 Å². The molecule has 0 fully saturated rings. The molecule has 0 atom stereocenters. The number of aryl methyl sites for hydroxylation is 1. The van der Waals surface area contributed by atoms with Crippen LogP contribution in [0.5, 0.6) is 0 Å². The first-order valence-corrected chi connectivity index (χ1v) is 11.6. The minimum absolute atomic E-state index is 0.0155. The molecule has 0 bridgehead atoms. The van der Waals surface area contributed by atoms with Crippen LogP contribution in [0.15, 0.2) is 52.7 Å². The molecular weight excluding hydrogens is 427 g/mol. The molecule has 9 heteroatoms. The van der Waals surface area contributed by atoms with Gasteiger partial charge >= 0.3 is 5.97 Å². The summed E-state index contributed by atoms with van der Waals surface area (Å²) in [5.74, 6) is -0.676. The number of ether oxygens (including phenoxy) is 1. The number of esters is 1. The molecule has 0 spiro atoms. The highest BCUT2D eigenvalue weighted by molar-refractivity contribution is 7.92. The number of halogens is 1. The molecule has 2 aromatic carbocycles. The van der Waals surface area contributed by atoms with Crippen molar-refractivity contribution in [1.29, 1.82) is 0 Å². The summed E-state index contributed by atoms with van der Waals surface area (Å²) in [4.78, 5) is 16.5. The van der Waals surface area contributed by atoms with Crippen molar-refractivity contribution in [3.8, 4) is 10.6 Å². The van der Waals surface area contributed by atoms with E-state index in [1.54, 1.807) is 30.5 Å². The third kappa shape index (κ3) is 4.22.